The molecule has 2 aliphatic heterocycles. The summed E-state index contributed by atoms with van der Waals surface area (Å²) in [6.45, 7) is 1.72. The Morgan fingerprint density at radius 3 is 2.75 bits per heavy atom. The first-order valence-electron chi connectivity index (χ1n) is 6.75. The number of aryl methyl sites for hydroxylation is 1. The summed E-state index contributed by atoms with van der Waals surface area (Å²) in [4.78, 5) is 23.9. The van der Waals surface area contributed by atoms with Crippen LogP contribution in [0.2, 0.25) is 0 Å². The predicted octanol–water partition coefficient (Wildman–Crippen LogP) is 2.35. The second-order valence-corrected chi connectivity index (χ2v) is 5.61. The zero-order valence-corrected chi connectivity index (χ0v) is 11.2. The van der Waals surface area contributed by atoms with Crippen LogP contribution in [-0.4, -0.2) is 28.1 Å². The van der Waals surface area contributed by atoms with Crippen molar-refractivity contribution in [2.75, 3.05) is 4.90 Å². The fourth-order valence-electron chi connectivity index (χ4n) is 3.66. The van der Waals surface area contributed by atoms with Crippen LogP contribution in [0.3, 0.4) is 0 Å². The van der Waals surface area contributed by atoms with Crippen LogP contribution in [-0.2, 0) is 4.79 Å². The zero-order chi connectivity index (χ0) is 14.4. The van der Waals surface area contributed by atoms with Crippen molar-refractivity contribution >= 4 is 17.3 Å². The number of nitro groups is 1. The van der Waals surface area contributed by atoms with Crippen LogP contribution in [0.4, 0.5) is 11.4 Å². The highest BCUT2D eigenvalue weighted by molar-refractivity contribution is 5.74. The third-order valence-electron chi connectivity index (χ3n) is 4.53. The van der Waals surface area contributed by atoms with Crippen LogP contribution < -0.4 is 4.90 Å². The van der Waals surface area contributed by atoms with E-state index >= 15 is 0 Å². The normalized spacial score (nSPS) is 27.9. The summed E-state index contributed by atoms with van der Waals surface area (Å²) in [5.74, 6) is -1.05. The molecule has 1 aromatic carbocycles. The monoisotopic (exact) mass is 276 g/mol. The molecule has 106 valence electrons. The van der Waals surface area contributed by atoms with Gasteiger partial charge in [-0.05, 0) is 38.3 Å². The lowest BCUT2D eigenvalue weighted by atomic mass is 9.89. The van der Waals surface area contributed by atoms with Gasteiger partial charge >= 0.3 is 5.97 Å². The molecule has 3 atom stereocenters. The number of carboxylic acids is 1. The predicted molar refractivity (Wildman–Crippen MR) is 72.9 cm³/mol. The van der Waals surface area contributed by atoms with E-state index < -0.39 is 10.9 Å². The van der Waals surface area contributed by atoms with Crippen LogP contribution in [0, 0.1) is 23.0 Å². The van der Waals surface area contributed by atoms with Gasteiger partial charge in [-0.3, -0.25) is 14.9 Å². The number of benzene rings is 1. The van der Waals surface area contributed by atoms with Gasteiger partial charge in [0, 0.05) is 29.4 Å². The Bertz CT molecular complexity index is 587. The third kappa shape index (κ3) is 1.83. The average Bonchev–Trinajstić information content (AvgIpc) is 2.95. The minimum atomic E-state index is -0.735. The first kappa shape index (κ1) is 12.9. The molecule has 2 bridgehead atoms. The van der Waals surface area contributed by atoms with Crippen LogP contribution in [0.1, 0.15) is 24.8 Å². The van der Waals surface area contributed by atoms with Gasteiger partial charge in [0.2, 0.25) is 0 Å². The smallest absolute Gasteiger partial charge is 0.308 e. The molecule has 0 saturated carbocycles. The van der Waals surface area contributed by atoms with Crippen molar-refractivity contribution in [3.63, 3.8) is 0 Å². The van der Waals surface area contributed by atoms with Gasteiger partial charge in [-0.2, -0.15) is 0 Å². The molecule has 6 heteroatoms. The summed E-state index contributed by atoms with van der Waals surface area (Å²) in [5.41, 5.74) is 1.63. The highest BCUT2D eigenvalue weighted by Crippen LogP contribution is 2.45. The number of carbonyl (C=O) groups is 1. The number of anilines is 1. The number of nitro benzene ring substituents is 1. The summed E-state index contributed by atoms with van der Waals surface area (Å²) >= 11 is 0. The quantitative estimate of drug-likeness (QED) is 0.676. The van der Waals surface area contributed by atoms with E-state index in [-0.39, 0.29) is 23.7 Å². The topological polar surface area (TPSA) is 83.7 Å². The van der Waals surface area contributed by atoms with Crippen LogP contribution in [0.5, 0.6) is 0 Å². The molecule has 0 aliphatic carbocycles. The maximum absolute atomic E-state index is 11.3. The SMILES string of the molecule is Cc1cc(N2C3CCC2C(C(=O)O)C3)ccc1[N+](=O)[O-]. The van der Waals surface area contributed by atoms with E-state index in [0.717, 1.165) is 18.5 Å². The number of rotatable bonds is 3. The van der Waals surface area contributed by atoms with Gasteiger partial charge in [0.1, 0.15) is 0 Å². The highest BCUT2D eigenvalue weighted by atomic mass is 16.6. The summed E-state index contributed by atoms with van der Waals surface area (Å²) in [5, 5.41) is 20.1. The zero-order valence-electron chi connectivity index (χ0n) is 11.2. The van der Waals surface area contributed by atoms with Crippen molar-refractivity contribution in [2.45, 2.75) is 38.3 Å². The Morgan fingerprint density at radius 1 is 1.45 bits per heavy atom. The van der Waals surface area contributed by atoms with E-state index in [9.17, 15) is 20.0 Å². The molecular weight excluding hydrogens is 260 g/mol. The molecule has 0 amide bonds. The van der Waals surface area contributed by atoms with Crippen LogP contribution >= 0.6 is 0 Å². The number of nitrogens with zero attached hydrogens (tertiary/aromatic N) is 2. The Hall–Kier alpha value is -2.11. The van der Waals surface area contributed by atoms with Crippen molar-refractivity contribution in [3.8, 4) is 0 Å². The molecule has 3 rings (SSSR count). The molecule has 1 aromatic rings. The molecular formula is C14H16N2O4. The largest absolute Gasteiger partial charge is 0.481 e. The molecule has 0 aromatic heterocycles. The molecule has 20 heavy (non-hydrogen) atoms. The Morgan fingerprint density at radius 2 is 2.20 bits per heavy atom. The van der Waals surface area contributed by atoms with Gasteiger partial charge in [-0.1, -0.05) is 0 Å². The van der Waals surface area contributed by atoms with E-state index in [1.54, 1.807) is 19.1 Å². The summed E-state index contributed by atoms with van der Waals surface area (Å²) in [6.07, 6.45) is 2.57. The second kappa shape index (κ2) is 4.47. The lowest BCUT2D eigenvalue weighted by Crippen LogP contribution is -2.32. The molecule has 6 nitrogen and oxygen atoms in total. The minimum absolute atomic E-state index is 0.0263. The van der Waals surface area contributed by atoms with Gasteiger partial charge in [0.15, 0.2) is 0 Å². The summed E-state index contributed by atoms with van der Waals surface area (Å²) < 4.78 is 0. The van der Waals surface area contributed by atoms with E-state index in [4.69, 9.17) is 0 Å². The summed E-state index contributed by atoms with van der Waals surface area (Å²) in [6, 6.07) is 5.33. The van der Waals surface area contributed by atoms with Gasteiger partial charge in [-0.15, -0.1) is 0 Å². The first-order valence-corrected chi connectivity index (χ1v) is 6.75. The standard InChI is InChI=1S/C14H16N2O4/c1-8-6-9(2-4-12(8)16(19)20)15-10-3-5-13(15)11(7-10)14(17)18/h2,4,6,10-11,13H,3,5,7H2,1H3,(H,17,18). The Labute approximate surface area is 116 Å². The number of fused-ring (bicyclic) bond motifs is 2. The number of aliphatic carboxylic acids is 1. The third-order valence-corrected chi connectivity index (χ3v) is 4.53. The van der Waals surface area contributed by atoms with Crippen molar-refractivity contribution in [3.05, 3.63) is 33.9 Å². The van der Waals surface area contributed by atoms with Gasteiger partial charge < -0.3 is 10.0 Å². The van der Waals surface area contributed by atoms with Crippen LogP contribution in [0.15, 0.2) is 18.2 Å². The first-order chi connectivity index (χ1) is 9.49. The van der Waals surface area contributed by atoms with Crippen molar-refractivity contribution < 1.29 is 14.8 Å². The molecule has 1 N–H and O–H groups in total. The highest BCUT2D eigenvalue weighted by Gasteiger charge is 2.49. The van der Waals surface area contributed by atoms with Gasteiger partial charge in [-0.25, -0.2) is 0 Å². The minimum Gasteiger partial charge on any atom is -0.481 e. The molecule has 0 radical (unpaired) electrons. The molecule has 0 spiro atoms. The van der Waals surface area contributed by atoms with E-state index in [1.807, 2.05) is 0 Å². The number of carboxylic acid groups (broad SMARTS) is 1. The number of hydrogen-bond acceptors (Lipinski definition) is 4. The van der Waals surface area contributed by atoms with Crippen LogP contribution in [0.25, 0.3) is 0 Å². The number of hydrogen-bond donors (Lipinski definition) is 1. The van der Waals surface area contributed by atoms with Crippen molar-refractivity contribution in [2.24, 2.45) is 5.92 Å². The molecule has 2 saturated heterocycles. The summed E-state index contributed by atoms with van der Waals surface area (Å²) in [7, 11) is 0. The molecule has 3 unspecified atom stereocenters. The molecule has 2 fully saturated rings. The average molecular weight is 276 g/mol. The lowest BCUT2D eigenvalue weighted by Gasteiger charge is -2.25. The lowest BCUT2D eigenvalue weighted by molar-refractivity contribution is -0.385. The fraction of sp³-hybridized carbons (Fsp3) is 0.500. The van der Waals surface area contributed by atoms with Crippen molar-refractivity contribution in [1.82, 2.24) is 0 Å². The Kier molecular flexibility index (Phi) is 2.88. The Balaban J connectivity index is 1.93. The van der Waals surface area contributed by atoms with E-state index in [2.05, 4.69) is 4.90 Å². The fourth-order valence-corrected chi connectivity index (χ4v) is 3.66. The molecule has 2 aliphatic rings. The van der Waals surface area contributed by atoms with Gasteiger partial charge in [0.25, 0.3) is 5.69 Å². The van der Waals surface area contributed by atoms with Crippen molar-refractivity contribution in [1.29, 1.82) is 0 Å². The molecule has 2 heterocycles. The maximum Gasteiger partial charge on any atom is 0.308 e. The van der Waals surface area contributed by atoms with E-state index in [0.29, 0.717) is 12.0 Å². The second-order valence-electron chi connectivity index (χ2n) is 5.61. The maximum atomic E-state index is 11.3. The van der Waals surface area contributed by atoms with E-state index in [1.165, 1.54) is 6.07 Å². The van der Waals surface area contributed by atoms with Gasteiger partial charge in [0.05, 0.1) is 10.8 Å².